The quantitative estimate of drug-likeness (QED) is 0.678. The molecule has 6 heteroatoms. The van der Waals surface area contributed by atoms with E-state index in [0.29, 0.717) is 15.2 Å². The van der Waals surface area contributed by atoms with Crippen LogP contribution >= 0.6 is 23.6 Å². The maximum atomic E-state index is 12.4. The van der Waals surface area contributed by atoms with E-state index in [1.807, 2.05) is 41.1 Å². The van der Waals surface area contributed by atoms with Crippen molar-refractivity contribution in [2.75, 3.05) is 5.32 Å². The lowest BCUT2D eigenvalue weighted by Crippen LogP contribution is -2.19. The summed E-state index contributed by atoms with van der Waals surface area (Å²) < 4.78 is 2.48. The first-order valence-electron chi connectivity index (χ1n) is 7.62. The Morgan fingerprint density at radius 1 is 1.28 bits per heavy atom. The normalized spacial score (nSPS) is 10.2. The predicted molar refractivity (Wildman–Crippen MR) is 103 cm³/mol. The number of aromatic nitrogens is 1. The number of nitrogens with zero attached hydrogens (tertiary/aromatic N) is 2. The van der Waals surface area contributed by atoms with Crippen LogP contribution in [0.4, 0.5) is 5.69 Å². The summed E-state index contributed by atoms with van der Waals surface area (Å²) in [6, 6.07) is 17.0. The molecule has 1 amide bonds. The summed E-state index contributed by atoms with van der Waals surface area (Å²) >= 11 is 6.82. The van der Waals surface area contributed by atoms with Crippen molar-refractivity contribution in [3.8, 4) is 17.3 Å². The first-order valence-corrected chi connectivity index (χ1v) is 8.91. The second-order valence-electron chi connectivity index (χ2n) is 5.58. The van der Waals surface area contributed by atoms with Crippen molar-refractivity contribution >= 4 is 35.1 Å². The number of nitrogens with one attached hydrogen (secondary N) is 1. The molecule has 0 aliphatic rings. The van der Waals surface area contributed by atoms with Gasteiger partial charge >= 0.3 is 0 Å². The number of carbonyl (C=O) groups is 1. The van der Waals surface area contributed by atoms with E-state index >= 15 is 0 Å². The molecule has 2 aromatic carbocycles. The zero-order chi connectivity index (χ0) is 17.8. The monoisotopic (exact) mass is 365 g/mol. The Hall–Kier alpha value is -2.75. The molecular formula is C19H15N3OS2. The van der Waals surface area contributed by atoms with Gasteiger partial charge < -0.3 is 9.88 Å². The fraction of sp³-hybridized carbons (Fsp3) is 0.105. The fourth-order valence-electron chi connectivity index (χ4n) is 2.44. The Morgan fingerprint density at radius 3 is 2.76 bits per heavy atom. The Bertz CT molecular complexity index is 1010. The van der Waals surface area contributed by atoms with E-state index < -0.39 is 0 Å². The van der Waals surface area contributed by atoms with E-state index in [4.69, 9.17) is 17.5 Å². The van der Waals surface area contributed by atoms with Crippen LogP contribution in [0.3, 0.4) is 0 Å². The molecule has 1 heterocycles. The molecule has 1 N–H and O–H groups in total. The second-order valence-corrected chi connectivity index (χ2v) is 7.08. The summed E-state index contributed by atoms with van der Waals surface area (Å²) in [4.78, 5) is 12.4. The average molecular weight is 365 g/mol. The number of rotatable bonds is 4. The smallest absolute Gasteiger partial charge is 0.244 e. The van der Waals surface area contributed by atoms with Gasteiger partial charge in [0.05, 0.1) is 17.3 Å². The SMILES string of the molecule is Cc1ccc(-c2csc(=S)n2CC(=O)Nc2cccc(C#N)c2)cc1. The highest BCUT2D eigenvalue weighted by Gasteiger charge is 2.11. The molecule has 124 valence electrons. The number of benzene rings is 2. The van der Waals surface area contributed by atoms with Gasteiger partial charge in [-0.3, -0.25) is 4.79 Å². The molecule has 3 aromatic rings. The molecule has 0 fully saturated rings. The Kier molecular flexibility index (Phi) is 5.08. The highest BCUT2D eigenvalue weighted by Crippen LogP contribution is 2.24. The van der Waals surface area contributed by atoms with Gasteiger partial charge in [-0.25, -0.2) is 0 Å². The van der Waals surface area contributed by atoms with Gasteiger partial charge in [0.25, 0.3) is 0 Å². The molecule has 0 spiro atoms. The van der Waals surface area contributed by atoms with Crippen LogP contribution in [0.1, 0.15) is 11.1 Å². The van der Waals surface area contributed by atoms with Crippen LogP contribution in [-0.2, 0) is 11.3 Å². The van der Waals surface area contributed by atoms with Gasteiger partial charge in [0, 0.05) is 11.1 Å². The van der Waals surface area contributed by atoms with Crippen molar-refractivity contribution in [3.63, 3.8) is 0 Å². The lowest BCUT2D eigenvalue weighted by Gasteiger charge is -2.10. The van der Waals surface area contributed by atoms with Crippen LogP contribution in [0.2, 0.25) is 0 Å². The number of aryl methyl sites for hydroxylation is 1. The lowest BCUT2D eigenvalue weighted by atomic mass is 10.1. The maximum Gasteiger partial charge on any atom is 0.244 e. The minimum Gasteiger partial charge on any atom is -0.324 e. The van der Waals surface area contributed by atoms with E-state index in [1.54, 1.807) is 24.3 Å². The van der Waals surface area contributed by atoms with Crippen molar-refractivity contribution in [1.82, 2.24) is 4.57 Å². The van der Waals surface area contributed by atoms with Crippen molar-refractivity contribution < 1.29 is 4.79 Å². The molecule has 0 saturated heterocycles. The highest BCUT2D eigenvalue weighted by atomic mass is 32.1. The standard InChI is InChI=1S/C19H15N3OS2/c1-13-5-7-15(8-6-13)17-12-25-19(24)22(17)11-18(23)21-16-4-2-3-14(9-16)10-20/h2-9,12H,11H2,1H3,(H,21,23). The van der Waals surface area contributed by atoms with Gasteiger partial charge in [-0.15, -0.1) is 11.3 Å². The summed E-state index contributed by atoms with van der Waals surface area (Å²) in [6.07, 6.45) is 0. The molecule has 0 saturated carbocycles. The number of anilines is 1. The third-order valence-electron chi connectivity index (χ3n) is 3.71. The number of hydrogen-bond donors (Lipinski definition) is 1. The van der Waals surface area contributed by atoms with Crippen molar-refractivity contribution in [2.24, 2.45) is 0 Å². The first-order chi connectivity index (χ1) is 12.1. The molecule has 0 aliphatic carbocycles. The number of thiazole rings is 1. The topological polar surface area (TPSA) is 57.8 Å². The molecule has 3 rings (SSSR count). The summed E-state index contributed by atoms with van der Waals surface area (Å²) in [5, 5.41) is 13.7. The Balaban J connectivity index is 1.82. The van der Waals surface area contributed by atoms with Crippen LogP contribution in [0.5, 0.6) is 0 Å². The fourth-order valence-corrected chi connectivity index (χ4v) is 3.51. The summed E-state index contributed by atoms with van der Waals surface area (Å²) in [6.45, 7) is 2.16. The largest absolute Gasteiger partial charge is 0.324 e. The highest BCUT2D eigenvalue weighted by molar-refractivity contribution is 7.73. The molecule has 0 aliphatic heterocycles. The average Bonchev–Trinajstić information content (AvgIpc) is 2.96. The Morgan fingerprint density at radius 2 is 2.04 bits per heavy atom. The molecule has 0 radical (unpaired) electrons. The molecular weight excluding hydrogens is 350 g/mol. The Labute approximate surface area is 155 Å². The molecule has 25 heavy (non-hydrogen) atoms. The predicted octanol–water partition coefficient (Wildman–Crippen LogP) is 4.76. The summed E-state index contributed by atoms with van der Waals surface area (Å²) in [7, 11) is 0. The number of carbonyl (C=O) groups excluding carboxylic acids is 1. The number of amides is 1. The van der Waals surface area contributed by atoms with Gasteiger partial charge in [-0.2, -0.15) is 5.26 Å². The molecule has 1 aromatic heterocycles. The van der Waals surface area contributed by atoms with E-state index in [-0.39, 0.29) is 12.5 Å². The molecule has 0 unspecified atom stereocenters. The summed E-state index contributed by atoms with van der Waals surface area (Å²) in [5.41, 5.74) is 4.24. The molecule has 0 bridgehead atoms. The second kappa shape index (κ2) is 7.43. The third-order valence-corrected chi connectivity index (χ3v) is 4.98. The van der Waals surface area contributed by atoms with Gasteiger partial charge in [0.1, 0.15) is 6.54 Å². The third kappa shape index (κ3) is 4.02. The minimum atomic E-state index is -0.182. The van der Waals surface area contributed by atoms with Gasteiger partial charge in [0.2, 0.25) is 5.91 Å². The zero-order valence-corrected chi connectivity index (χ0v) is 15.2. The molecule has 0 atom stereocenters. The minimum absolute atomic E-state index is 0.127. The van der Waals surface area contributed by atoms with Crippen molar-refractivity contribution in [3.05, 3.63) is 69.0 Å². The van der Waals surface area contributed by atoms with E-state index in [2.05, 4.69) is 11.4 Å². The zero-order valence-electron chi connectivity index (χ0n) is 13.5. The van der Waals surface area contributed by atoms with E-state index in [1.165, 1.54) is 16.9 Å². The maximum absolute atomic E-state index is 12.4. The number of nitriles is 1. The van der Waals surface area contributed by atoms with Gasteiger partial charge in [0.15, 0.2) is 3.95 Å². The van der Waals surface area contributed by atoms with Crippen LogP contribution in [0.25, 0.3) is 11.3 Å². The first kappa shape index (κ1) is 17.1. The van der Waals surface area contributed by atoms with E-state index in [0.717, 1.165) is 11.3 Å². The van der Waals surface area contributed by atoms with Crippen LogP contribution in [-0.4, -0.2) is 10.5 Å². The van der Waals surface area contributed by atoms with Crippen molar-refractivity contribution in [1.29, 1.82) is 5.26 Å². The van der Waals surface area contributed by atoms with Crippen molar-refractivity contribution in [2.45, 2.75) is 13.5 Å². The lowest BCUT2D eigenvalue weighted by molar-refractivity contribution is -0.116. The molecule has 4 nitrogen and oxygen atoms in total. The van der Waals surface area contributed by atoms with E-state index in [9.17, 15) is 4.79 Å². The van der Waals surface area contributed by atoms with Crippen LogP contribution in [0.15, 0.2) is 53.9 Å². The van der Waals surface area contributed by atoms with Gasteiger partial charge in [-0.1, -0.05) is 35.9 Å². The van der Waals surface area contributed by atoms with Crippen LogP contribution < -0.4 is 5.32 Å². The number of hydrogen-bond acceptors (Lipinski definition) is 4. The summed E-state index contributed by atoms with van der Waals surface area (Å²) in [5.74, 6) is -0.182. The van der Waals surface area contributed by atoms with Crippen LogP contribution in [0, 0.1) is 22.2 Å². The van der Waals surface area contributed by atoms with Gasteiger partial charge in [-0.05, 0) is 42.9 Å².